The van der Waals surface area contributed by atoms with E-state index in [0.717, 1.165) is 0 Å². The number of nitriles is 1. The maximum absolute atomic E-state index is 12.1. The minimum Gasteiger partial charge on any atom is -0.309 e. The fourth-order valence-electron chi connectivity index (χ4n) is 2.44. The van der Waals surface area contributed by atoms with Gasteiger partial charge in [0.2, 0.25) is 0 Å². The Bertz CT molecular complexity index is 979. The van der Waals surface area contributed by atoms with E-state index in [1.165, 1.54) is 6.07 Å². The van der Waals surface area contributed by atoms with Crippen LogP contribution in [-0.4, -0.2) is 9.55 Å². The average Bonchev–Trinajstić information content (AvgIpc) is 2.49. The Morgan fingerprint density at radius 2 is 1.91 bits per heavy atom. The number of pyridine rings is 2. The summed E-state index contributed by atoms with van der Waals surface area (Å²) in [6.07, 6.45) is 3.15. The number of hydrogen-bond acceptors (Lipinski definition) is 3. The Kier molecular flexibility index (Phi) is 3.61. The maximum Gasteiger partial charge on any atom is 0.189 e. The Morgan fingerprint density at radius 3 is 2.55 bits per heavy atom. The molecule has 0 unspecified atom stereocenters. The summed E-state index contributed by atoms with van der Waals surface area (Å²) in [5.41, 5.74) is 2.10. The number of fused-ring (bicyclic) bond motifs is 1. The molecule has 0 radical (unpaired) electrons. The molecule has 1 aromatic carbocycles. The van der Waals surface area contributed by atoms with E-state index in [1.807, 2.05) is 6.07 Å². The van der Waals surface area contributed by atoms with Crippen molar-refractivity contribution in [2.24, 2.45) is 0 Å². The summed E-state index contributed by atoms with van der Waals surface area (Å²) >= 11 is 12.6. The normalized spacial score (nSPS) is 10.6. The fourth-order valence-corrected chi connectivity index (χ4v) is 3.09. The average molecular weight is 330 g/mol. The van der Waals surface area contributed by atoms with E-state index < -0.39 is 0 Å². The third-order valence-corrected chi connectivity index (χ3v) is 3.94. The van der Waals surface area contributed by atoms with E-state index >= 15 is 0 Å². The Hall–Kier alpha value is -2.35. The molecule has 0 saturated carbocycles. The zero-order chi connectivity index (χ0) is 15.9. The topological polar surface area (TPSA) is 58.7 Å². The van der Waals surface area contributed by atoms with Gasteiger partial charge in [0.05, 0.1) is 39.1 Å². The van der Waals surface area contributed by atoms with Crippen LogP contribution >= 0.6 is 23.2 Å². The van der Waals surface area contributed by atoms with Gasteiger partial charge in [-0.3, -0.25) is 9.78 Å². The van der Waals surface area contributed by atoms with Crippen LogP contribution in [0, 0.1) is 18.3 Å². The van der Waals surface area contributed by atoms with Gasteiger partial charge in [-0.15, -0.1) is 0 Å². The smallest absolute Gasteiger partial charge is 0.189 e. The molecule has 0 aliphatic rings. The quantitative estimate of drug-likeness (QED) is 0.680. The molecule has 3 aromatic rings. The van der Waals surface area contributed by atoms with Crippen molar-refractivity contribution in [1.82, 2.24) is 9.55 Å². The summed E-state index contributed by atoms with van der Waals surface area (Å²) in [4.78, 5) is 16.2. The molecule has 108 valence electrons. The van der Waals surface area contributed by atoms with Crippen LogP contribution in [0.3, 0.4) is 0 Å². The van der Waals surface area contributed by atoms with Crippen LogP contribution in [0.5, 0.6) is 0 Å². The van der Waals surface area contributed by atoms with Gasteiger partial charge in [-0.2, -0.15) is 5.26 Å². The third kappa shape index (κ3) is 2.25. The second kappa shape index (κ2) is 5.45. The number of hydrogen-bond donors (Lipinski definition) is 0. The van der Waals surface area contributed by atoms with Gasteiger partial charge < -0.3 is 4.57 Å². The van der Waals surface area contributed by atoms with E-state index in [1.54, 1.807) is 42.1 Å². The molecule has 6 heteroatoms. The van der Waals surface area contributed by atoms with Crippen LogP contribution < -0.4 is 5.43 Å². The van der Waals surface area contributed by atoms with E-state index in [-0.39, 0.29) is 5.43 Å². The lowest BCUT2D eigenvalue weighted by Crippen LogP contribution is -2.11. The molecule has 0 saturated heterocycles. The molecule has 0 fully saturated rings. The number of rotatable bonds is 1. The Balaban J connectivity index is 2.47. The lowest BCUT2D eigenvalue weighted by molar-refractivity contribution is 1.02. The minimum atomic E-state index is -0.0907. The summed E-state index contributed by atoms with van der Waals surface area (Å²) in [5, 5.41) is 10.2. The summed E-state index contributed by atoms with van der Waals surface area (Å²) in [6.45, 7) is 1.79. The molecule has 0 spiro atoms. The first kappa shape index (κ1) is 14.6. The lowest BCUT2D eigenvalue weighted by atomic mass is 10.1. The summed E-state index contributed by atoms with van der Waals surface area (Å²) in [5.74, 6) is 0. The molecule has 4 nitrogen and oxygen atoms in total. The Labute approximate surface area is 136 Å². The molecule has 2 heterocycles. The van der Waals surface area contributed by atoms with Gasteiger partial charge in [0.1, 0.15) is 0 Å². The van der Waals surface area contributed by atoms with Crippen molar-refractivity contribution in [2.45, 2.75) is 6.92 Å². The van der Waals surface area contributed by atoms with Crippen LogP contribution in [0.25, 0.3) is 16.6 Å². The number of aryl methyl sites for hydroxylation is 1. The molecular formula is C16H9Cl2N3O. The van der Waals surface area contributed by atoms with Gasteiger partial charge in [0.15, 0.2) is 5.43 Å². The molecular weight excluding hydrogens is 321 g/mol. The SMILES string of the molecule is Cc1cc(=O)c2ccncc2n1-c1c(Cl)cc(C#N)cc1Cl. The third-order valence-electron chi connectivity index (χ3n) is 3.37. The van der Waals surface area contributed by atoms with Gasteiger partial charge in [-0.1, -0.05) is 23.2 Å². The van der Waals surface area contributed by atoms with Crippen LogP contribution in [0.2, 0.25) is 10.0 Å². The largest absolute Gasteiger partial charge is 0.309 e. The molecule has 2 aromatic heterocycles. The maximum atomic E-state index is 12.1. The Morgan fingerprint density at radius 1 is 1.23 bits per heavy atom. The molecule has 0 aliphatic carbocycles. The molecule has 0 N–H and O–H groups in total. The van der Waals surface area contributed by atoms with E-state index in [4.69, 9.17) is 28.5 Å². The van der Waals surface area contributed by atoms with Crippen molar-refractivity contribution < 1.29 is 0 Å². The lowest BCUT2D eigenvalue weighted by Gasteiger charge is -2.17. The first-order valence-electron chi connectivity index (χ1n) is 6.39. The van der Waals surface area contributed by atoms with Crippen molar-refractivity contribution in [2.75, 3.05) is 0 Å². The zero-order valence-electron chi connectivity index (χ0n) is 11.5. The zero-order valence-corrected chi connectivity index (χ0v) is 13.0. The number of nitrogens with zero attached hydrogens (tertiary/aromatic N) is 3. The molecule has 0 bridgehead atoms. The highest BCUT2D eigenvalue weighted by molar-refractivity contribution is 6.38. The molecule has 0 amide bonds. The predicted octanol–water partition coefficient (Wildman–Crippen LogP) is 3.87. The molecule has 22 heavy (non-hydrogen) atoms. The van der Waals surface area contributed by atoms with Gasteiger partial charge >= 0.3 is 0 Å². The summed E-state index contributed by atoms with van der Waals surface area (Å²) in [7, 11) is 0. The van der Waals surface area contributed by atoms with Crippen molar-refractivity contribution >= 4 is 34.1 Å². The molecule has 0 aliphatic heterocycles. The molecule has 3 rings (SSSR count). The molecule has 0 atom stereocenters. The van der Waals surface area contributed by atoms with Crippen molar-refractivity contribution in [1.29, 1.82) is 5.26 Å². The van der Waals surface area contributed by atoms with Crippen molar-refractivity contribution in [3.63, 3.8) is 0 Å². The van der Waals surface area contributed by atoms with Crippen LogP contribution in [-0.2, 0) is 0 Å². The number of benzene rings is 1. The van der Waals surface area contributed by atoms with Crippen LogP contribution in [0.4, 0.5) is 0 Å². The van der Waals surface area contributed by atoms with Crippen LogP contribution in [0.15, 0.2) is 41.5 Å². The van der Waals surface area contributed by atoms with Gasteiger partial charge in [0, 0.05) is 23.3 Å². The van der Waals surface area contributed by atoms with E-state index in [9.17, 15) is 4.79 Å². The van der Waals surface area contributed by atoms with Crippen molar-refractivity contribution in [3.05, 3.63) is 68.2 Å². The summed E-state index contributed by atoms with van der Waals surface area (Å²) < 4.78 is 1.77. The predicted molar refractivity (Wildman–Crippen MR) is 86.8 cm³/mol. The van der Waals surface area contributed by atoms with E-state index in [0.29, 0.717) is 37.9 Å². The standard InChI is InChI=1S/C16H9Cl2N3O/c1-9-4-15(22)11-2-3-20-8-14(11)21(9)16-12(17)5-10(7-19)6-13(16)18/h2-6,8H,1H3. The van der Waals surface area contributed by atoms with Gasteiger partial charge in [-0.25, -0.2) is 0 Å². The van der Waals surface area contributed by atoms with Crippen LogP contribution in [0.1, 0.15) is 11.3 Å². The second-order valence-electron chi connectivity index (χ2n) is 4.78. The first-order valence-corrected chi connectivity index (χ1v) is 7.14. The number of aromatic nitrogens is 2. The summed E-state index contributed by atoms with van der Waals surface area (Å²) in [6, 6.07) is 8.27. The van der Waals surface area contributed by atoms with Gasteiger partial charge in [-0.05, 0) is 25.1 Å². The first-order chi connectivity index (χ1) is 10.5. The fraction of sp³-hybridized carbons (Fsp3) is 0.0625. The van der Waals surface area contributed by atoms with E-state index in [2.05, 4.69) is 4.98 Å². The number of halogens is 2. The van der Waals surface area contributed by atoms with Gasteiger partial charge in [0.25, 0.3) is 0 Å². The highest BCUT2D eigenvalue weighted by Gasteiger charge is 2.15. The highest BCUT2D eigenvalue weighted by atomic mass is 35.5. The monoisotopic (exact) mass is 329 g/mol. The van der Waals surface area contributed by atoms with Crippen molar-refractivity contribution in [3.8, 4) is 11.8 Å². The highest BCUT2D eigenvalue weighted by Crippen LogP contribution is 2.32. The second-order valence-corrected chi connectivity index (χ2v) is 5.59. The minimum absolute atomic E-state index is 0.0907.